The van der Waals surface area contributed by atoms with Crippen LogP contribution in [-0.4, -0.2) is 34.7 Å². The summed E-state index contributed by atoms with van der Waals surface area (Å²) in [4.78, 5) is 22.3. The van der Waals surface area contributed by atoms with E-state index in [0.29, 0.717) is 9.50 Å². The van der Waals surface area contributed by atoms with E-state index in [1.54, 1.807) is 0 Å². The van der Waals surface area contributed by atoms with Gasteiger partial charge in [-0.1, -0.05) is 11.6 Å². The van der Waals surface area contributed by atoms with Crippen LogP contribution in [0.5, 0.6) is 0 Å². The van der Waals surface area contributed by atoms with Gasteiger partial charge in [-0.05, 0) is 34.1 Å². The number of carboxylic acid groups (broad SMARTS) is 1. The number of hydrogen-bond acceptors (Lipinski definition) is 3. The second-order valence-electron chi connectivity index (χ2n) is 3.17. The van der Waals surface area contributed by atoms with Gasteiger partial charge in [-0.25, -0.2) is 4.79 Å². The normalized spacial score (nSPS) is 11.9. The van der Waals surface area contributed by atoms with E-state index in [1.165, 1.54) is 18.2 Å². The highest BCUT2D eigenvalue weighted by molar-refractivity contribution is 9.10. The summed E-state index contributed by atoms with van der Waals surface area (Å²) in [5.74, 6) is -1.90. The standard InChI is InChI=1S/C10H9BrClNO4/c11-7-3-5(12)1-2-6(7)9(15)13-8(4-14)10(16)17/h1-3,8,14H,4H2,(H,13,15)(H,16,17)/t8-/m1/s1. The maximum atomic E-state index is 11.7. The molecule has 17 heavy (non-hydrogen) atoms. The summed E-state index contributed by atoms with van der Waals surface area (Å²) >= 11 is 8.85. The highest BCUT2D eigenvalue weighted by atomic mass is 79.9. The Morgan fingerprint density at radius 2 is 2.12 bits per heavy atom. The van der Waals surface area contributed by atoms with Crippen molar-refractivity contribution in [1.82, 2.24) is 5.32 Å². The average Bonchev–Trinajstić information content (AvgIpc) is 2.24. The highest BCUT2D eigenvalue weighted by Crippen LogP contribution is 2.21. The van der Waals surface area contributed by atoms with E-state index in [2.05, 4.69) is 21.2 Å². The third-order valence-electron chi connectivity index (χ3n) is 1.96. The summed E-state index contributed by atoms with van der Waals surface area (Å²) in [5, 5.41) is 20.1. The Bertz CT molecular complexity index is 452. The van der Waals surface area contributed by atoms with Crippen LogP contribution in [0, 0.1) is 0 Å². The van der Waals surface area contributed by atoms with Gasteiger partial charge in [0, 0.05) is 9.50 Å². The van der Waals surface area contributed by atoms with Crippen LogP contribution in [0.2, 0.25) is 5.02 Å². The van der Waals surface area contributed by atoms with Crippen molar-refractivity contribution in [1.29, 1.82) is 0 Å². The molecule has 92 valence electrons. The zero-order valence-electron chi connectivity index (χ0n) is 8.48. The first kappa shape index (κ1) is 14.0. The van der Waals surface area contributed by atoms with Crippen molar-refractivity contribution in [3.05, 3.63) is 33.3 Å². The van der Waals surface area contributed by atoms with Gasteiger partial charge < -0.3 is 15.5 Å². The molecule has 0 fully saturated rings. The molecular formula is C10H9BrClNO4. The van der Waals surface area contributed by atoms with Crippen molar-refractivity contribution in [2.45, 2.75) is 6.04 Å². The highest BCUT2D eigenvalue weighted by Gasteiger charge is 2.20. The number of carbonyl (C=O) groups excluding carboxylic acids is 1. The number of nitrogens with one attached hydrogen (secondary N) is 1. The van der Waals surface area contributed by atoms with E-state index in [9.17, 15) is 9.59 Å². The predicted molar refractivity (Wildman–Crippen MR) is 65.1 cm³/mol. The Morgan fingerprint density at radius 1 is 1.47 bits per heavy atom. The Morgan fingerprint density at radius 3 is 2.59 bits per heavy atom. The number of carboxylic acids is 1. The number of hydrogen-bond donors (Lipinski definition) is 3. The molecule has 0 saturated heterocycles. The second kappa shape index (κ2) is 6.00. The van der Waals surface area contributed by atoms with E-state index in [-0.39, 0.29) is 5.56 Å². The van der Waals surface area contributed by atoms with Gasteiger partial charge in [-0.2, -0.15) is 0 Å². The van der Waals surface area contributed by atoms with Crippen LogP contribution < -0.4 is 5.32 Å². The van der Waals surface area contributed by atoms with Gasteiger partial charge in [0.2, 0.25) is 0 Å². The molecule has 1 atom stereocenters. The summed E-state index contributed by atoms with van der Waals surface area (Å²) in [6.45, 7) is -0.674. The lowest BCUT2D eigenvalue weighted by atomic mass is 10.2. The van der Waals surface area contributed by atoms with Gasteiger partial charge in [0.1, 0.15) is 0 Å². The Labute approximate surface area is 111 Å². The number of amides is 1. The minimum absolute atomic E-state index is 0.245. The summed E-state index contributed by atoms with van der Waals surface area (Å²) in [6, 6.07) is 3.16. The van der Waals surface area contributed by atoms with Gasteiger partial charge >= 0.3 is 5.97 Å². The molecule has 0 unspecified atom stereocenters. The Kier molecular flexibility index (Phi) is 4.92. The Hall–Kier alpha value is -1.11. The van der Waals surface area contributed by atoms with E-state index < -0.39 is 24.5 Å². The number of halogens is 2. The molecule has 0 aromatic heterocycles. The molecule has 0 spiro atoms. The van der Waals surface area contributed by atoms with Crippen molar-refractivity contribution in [2.75, 3.05) is 6.61 Å². The molecule has 0 aliphatic heterocycles. The fourth-order valence-corrected chi connectivity index (χ4v) is 1.96. The third-order valence-corrected chi connectivity index (χ3v) is 2.85. The molecule has 0 saturated carbocycles. The SMILES string of the molecule is O=C(N[C@H](CO)C(=O)O)c1ccc(Cl)cc1Br. The number of aliphatic hydroxyl groups is 1. The second-order valence-corrected chi connectivity index (χ2v) is 4.46. The van der Waals surface area contributed by atoms with Crippen LogP contribution in [0.25, 0.3) is 0 Å². The number of aliphatic hydroxyl groups excluding tert-OH is 1. The van der Waals surface area contributed by atoms with Gasteiger partial charge in [-0.15, -0.1) is 0 Å². The van der Waals surface area contributed by atoms with Gasteiger partial charge in [0.05, 0.1) is 12.2 Å². The summed E-state index contributed by atoms with van der Waals surface area (Å²) in [5.41, 5.74) is 0.245. The zero-order valence-corrected chi connectivity index (χ0v) is 10.8. The Balaban J connectivity index is 2.86. The number of benzene rings is 1. The summed E-state index contributed by atoms with van der Waals surface area (Å²) in [6.07, 6.45) is 0. The average molecular weight is 323 g/mol. The van der Waals surface area contributed by atoms with E-state index in [4.69, 9.17) is 21.8 Å². The maximum absolute atomic E-state index is 11.7. The van der Waals surface area contributed by atoms with Crippen LogP contribution in [-0.2, 0) is 4.79 Å². The van der Waals surface area contributed by atoms with Gasteiger partial charge in [0.25, 0.3) is 5.91 Å². The number of rotatable bonds is 4. The first-order valence-corrected chi connectivity index (χ1v) is 5.72. The molecule has 3 N–H and O–H groups in total. The first-order valence-electron chi connectivity index (χ1n) is 4.55. The monoisotopic (exact) mass is 321 g/mol. The van der Waals surface area contributed by atoms with Crippen molar-refractivity contribution in [2.24, 2.45) is 0 Å². The molecule has 1 amide bonds. The summed E-state index contributed by atoms with van der Waals surface area (Å²) < 4.78 is 0.449. The molecule has 1 rings (SSSR count). The van der Waals surface area contributed by atoms with Crippen molar-refractivity contribution in [3.8, 4) is 0 Å². The molecule has 5 nitrogen and oxygen atoms in total. The predicted octanol–water partition coefficient (Wildman–Crippen LogP) is 1.28. The third kappa shape index (κ3) is 3.69. The van der Waals surface area contributed by atoms with Crippen LogP contribution in [0.4, 0.5) is 0 Å². The molecule has 0 heterocycles. The molecule has 0 radical (unpaired) electrons. The maximum Gasteiger partial charge on any atom is 0.328 e. The van der Waals surface area contributed by atoms with E-state index in [1.807, 2.05) is 0 Å². The van der Waals surface area contributed by atoms with Crippen LogP contribution in [0.1, 0.15) is 10.4 Å². The molecule has 1 aromatic carbocycles. The van der Waals surface area contributed by atoms with Crippen LogP contribution in [0.15, 0.2) is 22.7 Å². The fourth-order valence-electron chi connectivity index (χ4n) is 1.10. The number of carbonyl (C=O) groups is 2. The van der Waals surface area contributed by atoms with Gasteiger partial charge in [0.15, 0.2) is 6.04 Å². The number of aliphatic carboxylic acids is 1. The minimum Gasteiger partial charge on any atom is -0.480 e. The molecule has 7 heteroatoms. The first-order chi connectivity index (χ1) is 7.95. The largest absolute Gasteiger partial charge is 0.480 e. The fraction of sp³-hybridized carbons (Fsp3) is 0.200. The van der Waals surface area contributed by atoms with Crippen molar-refractivity contribution >= 4 is 39.4 Å². The van der Waals surface area contributed by atoms with Crippen LogP contribution >= 0.6 is 27.5 Å². The van der Waals surface area contributed by atoms with Crippen molar-refractivity contribution < 1.29 is 19.8 Å². The molecule has 0 aliphatic carbocycles. The van der Waals surface area contributed by atoms with Gasteiger partial charge in [-0.3, -0.25) is 4.79 Å². The topological polar surface area (TPSA) is 86.6 Å². The zero-order chi connectivity index (χ0) is 13.0. The summed E-state index contributed by atoms with van der Waals surface area (Å²) in [7, 11) is 0. The lowest BCUT2D eigenvalue weighted by molar-refractivity contribution is -0.140. The molecule has 0 aliphatic rings. The van der Waals surface area contributed by atoms with E-state index >= 15 is 0 Å². The smallest absolute Gasteiger partial charge is 0.328 e. The molecule has 0 bridgehead atoms. The quantitative estimate of drug-likeness (QED) is 0.779. The lowest BCUT2D eigenvalue weighted by Crippen LogP contribution is -2.43. The molecule has 1 aromatic rings. The van der Waals surface area contributed by atoms with Crippen molar-refractivity contribution in [3.63, 3.8) is 0 Å². The minimum atomic E-state index is -1.33. The van der Waals surface area contributed by atoms with E-state index in [0.717, 1.165) is 0 Å². The van der Waals surface area contributed by atoms with Crippen LogP contribution in [0.3, 0.4) is 0 Å². The molecular weight excluding hydrogens is 313 g/mol. The lowest BCUT2D eigenvalue weighted by Gasteiger charge is -2.12.